The SMILES string of the molecule is CN1C[C@H](c2ccc(C(F)(F)F)cc2)[C@@H](C(=O)Nc2cnccc2C(F)(F)F)C1=O. The molecule has 0 radical (unpaired) electrons. The van der Waals surface area contributed by atoms with E-state index in [4.69, 9.17) is 0 Å². The quantitative estimate of drug-likeness (QED) is 0.592. The van der Waals surface area contributed by atoms with E-state index in [1.54, 1.807) is 0 Å². The molecule has 2 aromatic rings. The number of nitrogens with one attached hydrogen (secondary N) is 1. The van der Waals surface area contributed by atoms with E-state index in [9.17, 15) is 35.9 Å². The Morgan fingerprint density at radius 2 is 1.70 bits per heavy atom. The molecule has 0 unspecified atom stereocenters. The van der Waals surface area contributed by atoms with Gasteiger partial charge >= 0.3 is 12.4 Å². The third-order valence-corrected chi connectivity index (χ3v) is 4.85. The Bertz CT molecular complexity index is 956. The number of hydrogen-bond acceptors (Lipinski definition) is 3. The number of pyridine rings is 1. The highest BCUT2D eigenvalue weighted by Crippen LogP contribution is 2.38. The van der Waals surface area contributed by atoms with Gasteiger partial charge in [-0.3, -0.25) is 14.6 Å². The van der Waals surface area contributed by atoms with E-state index in [-0.39, 0.29) is 6.54 Å². The monoisotopic (exact) mass is 431 g/mol. The van der Waals surface area contributed by atoms with Crippen LogP contribution in [0.2, 0.25) is 0 Å². The Labute approximate surface area is 166 Å². The molecule has 0 saturated carbocycles. The van der Waals surface area contributed by atoms with Crippen LogP contribution in [0.15, 0.2) is 42.7 Å². The molecule has 0 bridgehead atoms. The summed E-state index contributed by atoms with van der Waals surface area (Å²) in [5, 5.41) is 2.10. The van der Waals surface area contributed by atoms with E-state index in [0.717, 1.165) is 36.7 Å². The van der Waals surface area contributed by atoms with Crippen molar-refractivity contribution in [3.63, 3.8) is 0 Å². The van der Waals surface area contributed by atoms with Crippen LogP contribution in [0, 0.1) is 5.92 Å². The Hall–Kier alpha value is -3.11. The van der Waals surface area contributed by atoms with Crippen LogP contribution < -0.4 is 5.32 Å². The van der Waals surface area contributed by atoms with Crippen LogP contribution >= 0.6 is 0 Å². The van der Waals surface area contributed by atoms with Gasteiger partial charge in [0.1, 0.15) is 5.92 Å². The molecule has 2 amide bonds. The summed E-state index contributed by atoms with van der Waals surface area (Å²) < 4.78 is 77.8. The number of nitrogens with zero attached hydrogens (tertiary/aromatic N) is 2. The van der Waals surface area contributed by atoms with Crippen LogP contribution in [0.4, 0.5) is 32.0 Å². The van der Waals surface area contributed by atoms with Crippen molar-refractivity contribution in [1.29, 1.82) is 0 Å². The first kappa shape index (κ1) is 21.6. The van der Waals surface area contributed by atoms with Crippen molar-refractivity contribution in [3.05, 3.63) is 59.4 Å². The highest BCUT2D eigenvalue weighted by atomic mass is 19.4. The molecule has 1 aliphatic heterocycles. The zero-order valence-electron chi connectivity index (χ0n) is 15.4. The van der Waals surface area contributed by atoms with Crippen LogP contribution in [0.5, 0.6) is 0 Å². The summed E-state index contributed by atoms with van der Waals surface area (Å²) in [4.78, 5) is 30.0. The van der Waals surface area contributed by atoms with Crippen LogP contribution in [-0.4, -0.2) is 35.3 Å². The number of anilines is 1. The summed E-state index contributed by atoms with van der Waals surface area (Å²) in [5.41, 5.74) is -2.34. The first-order valence-corrected chi connectivity index (χ1v) is 8.64. The Kier molecular flexibility index (Phi) is 5.48. The fourth-order valence-electron chi connectivity index (χ4n) is 3.36. The molecular weight excluding hydrogens is 416 g/mol. The molecule has 1 aliphatic rings. The van der Waals surface area contributed by atoms with Crippen LogP contribution in [0.25, 0.3) is 0 Å². The molecule has 2 atom stereocenters. The lowest BCUT2D eigenvalue weighted by Gasteiger charge is -2.19. The van der Waals surface area contributed by atoms with Crippen molar-refractivity contribution in [2.75, 3.05) is 18.9 Å². The molecule has 1 fully saturated rings. The Morgan fingerprint density at radius 3 is 2.27 bits per heavy atom. The Balaban J connectivity index is 1.90. The normalized spacial score (nSPS) is 19.8. The largest absolute Gasteiger partial charge is 0.418 e. The van der Waals surface area contributed by atoms with E-state index in [1.165, 1.54) is 11.9 Å². The standard InChI is InChI=1S/C19H15F6N3O2/c1-28-9-12(10-2-4-11(5-3-10)18(20,21)22)15(17(28)30)16(29)27-14-8-26-7-6-13(14)19(23,24)25/h2-8,12,15H,9H2,1H3,(H,27,29)/t12-,15+/m1/s1. The average Bonchev–Trinajstić information content (AvgIpc) is 2.95. The van der Waals surface area contributed by atoms with Crippen molar-refractivity contribution in [2.24, 2.45) is 5.92 Å². The molecule has 0 aliphatic carbocycles. The Morgan fingerprint density at radius 1 is 1.07 bits per heavy atom. The summed E-state index contributed by atoms with van der Waals surface area (Å²) in [6.07, 6.45) is -7.57. The number of likely N-dealkylation sites (N-methyl/N-ethyl adjacent to an activating group) is 1. The third-order valence-electron chi connectivity index (χ3n) is 4.85. The number of amides is 2. The number of benzene rings is 1. The van der Waals surface area contributed by atoms with Gasteiger partial charge in [-0.1, -0.05) is 12.1 Å². The lowest BCUT2D eigenvalue weighted by molar-refractivity contribution is -0.138. The van der Waals surface area contributed by atoms with Crippen LogP contribution in [0.3, 0.4) is 0 Å². The fourth-order valence-corrected chi connectivity index (χ4v) is 3.36. The van der Waals surface area contributed by atoms with Gasteiger partial charge < -0.3 is 10.2 Å². The summed E-state index contributed by atoms with van der Waals surface area (Å²) in [6, 6.07) is 4.66. The van der Waals surface area contributed by atoms with Gasteiger partial charge in [-0.15, -0.1) is 0 Å². The van der Waals surface area contributed by atoms with Crippen molar-refractivity contribution < 1.29 is 35.9 Å². The fraction of sp³-hybridized carbons (Fsp3) is 0.316. The summed E-state index contributed by atoms with van der Waals surface area (Å²) in [5.74, 6) is -3.86. The summed E-state index contributed by atoms with van der Waals surface area (Å²) in [7, 11) is 1.40. The number of carbonyl (C=O) groups excluding carboxylic acids is 2. The number of hydrogen-bond donors (Lipinski definition) is 1. The van der Waals surface area contributed by atoms with E-state index in [1.807, 2.05) is 0 Å². The third kappa shape index (κ3) is 4.24. The molecule has 1 N–H and O–H groups in total. The van der Waals surface area contributed by atoms with Gasteiger partial charge in [0.05, 0.1) is 23.0 Å². The van der Waals surface area contributed by atoms with Crippen molar-refractivity contribution >= 4 is 17.5 Å². The molecule has 1 aromatic carbocycles. The molecule has 2 heterocycles. The smallest absolute Gasteiger partial charge is 0.344 e. The molecule has 3 rings (SSSR count). The molecule has 5 nitrogen and oxygen atoms in total. The topological polar surface area (TPSA) is 62.3 Å². The van der Waals surface area contributed by atoms with Gasteiger partial charge in [-0.05, 0) is 23.8 Å². The molecule has 30 heavy (non-hydrogen) atoms. The van der Waals surface area contributed by atoms with Crippen molar-refractivity contribution in [1.82, 2.24) is 9.88 Å². The minimum atomic E-state index is -4.76. The maximum Gasteiger partial charge on any atom is 0.418 e. The zero-order valence-corrected chi connectivity index (χ0v) is 15.4. The molecule has 1 saturated heterocycles. The van der Waals surface area contributed by atoms with E-state index >= 15 is 0 Å². The van der Waals surface area contributed by atoms with Gasteiger partial charge in [0.25, 0.3) is 0 Å². The van der Waals surface area contributed by atoms with Gasteiger partial charge in [0.2, 0.25) is 11.8 Å². The van der Waals surface area contributed by atoms with Gasteiger partial charge in [0.15, 0.2) is 0 Å². The number of aromatic nitrogens is 1. The lowest BCUT2D eigenvalue weighted by Crippen LogP contribution is -2.33. The van der Waals surface area contributed by atoms with E-state index in [0.29, 0.717) is 11.6 Å². The van der Waals surface area contributed by atoms with E-state index in [2.05, 4.69) is 10.3 Å². The molecule has 0 spiro atoms. The zero-order chi connectivity index (χ0) is 22.3. The summed E-state index contributed by atoms with van der Waals surface area (Å²) in [6.45, 7) is 0.0292. The van der Waals surface area contributed by atoms with Crippen LogP contribution in [0.1, 0.15) is 22.6 Å². The first-order valence-electron chi connectivity index (χ1n) is 8.64. The predicted molar refractivity (Wildman–Crippen MR) is 93.2 cm³/mol. The number of halogens is 6. The van der Waals surface area contributed by atoms with Gasteiger partial charge in [-0.25, -0.2) is 0 Å². The molecule has 1 aromatic heterocycles. The maximum atomic E-state index is 13.1. The minimum Gasteiger partial charge on any atom is -0.344 e. The predicted octanol–water partition coefficient (Wildman–Crippen LogP) is 3.93. The summed E-state index contributed by atoms with van der Waals surface area (Å²) >= 11 is 0. The second-order valence-corrected chi connectivity index (χ2v) is 6.83. The van der Waals surface area contributed by atoms with E-state index < -0.39 is 52.8 Å². The lowest BCUT2D eigenvalue weighted by atomic mass is 9.87. The average molecular weight is 431 g/mol. The van der Waals surface area contributed by atoms with Gasteiger partial charge in [0, 0.05) is 25.7 Å². The molecular formula is C19H15F6N3O2. The second kappa shape index (κ2) is 7.62. The molecule has 160 valence electrons. The highest BCUT2D eigenvalue weighted by Gasteiger charge is 2.45. The van der Waals surface area contributed by atoms with Crippen molar-refractivity contribution in [2.45, 2.75) is 18.3 Å². The minimum absolute atomic E-state index is 0.0292. The van der Waals surface area contributed by atoms with Crippen LogP contribution in [-0.2, 0) is 21.9 Å². The number of carbonyl (C=O) groups is 2. The highest BCUT2D eigenvalue weighted by molar-refractivity contribution is 6.08. The van der Waals surface area contributed by atoms with Crippen molar-refractivity contribution in [3.8, 4) is 0 Å². The first-order chi connectivity index (χ1) is 13.9. The molecule has 11 heteroatoms. The number of rotatable bonds is 3. The number of alkyl halides is 6. The maximum absolute atomic E-state index is 13.1. The van der Waals surface area contributed by atoms with Gasteiger partial charge in [-0.2, -0.15) is 26.3 Å². The second-order valence-electron chi connectivity index (χ2n) is 6.83. The number of likely N-dealkylation sites (tertiary alicyclic amines) is 1.